The van der Waals surface area contributed by atoms with Gasteiger partial charge in [0.25, 0.3) is 0 Å². The van der Waals surface area contributed by atoms with E-state index in [4.69, 9.17) is 4.74 Å². The van der Waals surface area contributed by atoms with Crippen LogP contribution < -0.4 is 0 Å². The third-order valence-corrected chi connectivity index (χ3v) is 5.55. The van der Waals surface area contributed by atoms with Gasteiger partial charge in [0.2, 0.25) is 0 Å². The Hall–Kier alpha value is -2.85. The monoisotopic (exact) mass is 375 g/mol. The molecule has 0 radical (unpaired) electrons. The summed E-state index contributed by atoms with van der Waals surface area (Å²) in [5, 5.41) is 12.8. The Morgan fingerprint density at radius 1 is 1.11 bits per heavy atom. The first-order valence-corrected chi connectivity index (χ1v) is 9.75. The van der Waals surface area contributed by atoms with Crippen molar-refractivity contribution in [3.05, 3.63) is 77.4 Å². The van der Waals surface area contributed by atoms with Crippen molar-refractivity contribution in [2.75, 3.05) is 13.1 Å². The van der Waals surface area contributed by atoms with E-state index >= 15 is 0 Å². The molecule has 0 spiro atoms. The molecule has 1 aliphatic heterocycles. The minimum atomic E-state index is -0.135. The number of phenolic OH excluding ortho intramolecular Hbond substituents is 1. The van der Waals surface area contributed by atoms with Crippen molar-refractivity contribution in [2.45, 2.75) is 26.5 Å². The molecule has 1 aliphatic rings. The summed E-state index contributed by atoms with van der Waals surface area (Å²) in [5.74, 6) is 0.0817. The highest BCUT2D eigenvalue weighted by Gasteiger charge is 2.30. The number of likely N-dealkylation sites (tertiary alicyclic amines) is 1. The molecule has 1 atom stereocenters. The number of fused-ring (bicyclic) bond motifs is 1. The molecule has 0 aliphatic carbocycles. The molecule has 1 saturated heterocycles. The van der Waals surface area contributed by atoms with Gasteiger partial charge in [0.1, 0.15) is 12.4 Å². The van der Waals surface area contributed by atoms with Crippen LogP contribution in [0.4, 0.5) is 0 Å². The van der Waals surface area contributed by atoms with Crippen LogP contribution in [0.25, 0.3) is 10.8 Å². The molecule has 28 heavy (non-hydrogen) atoms. The second kappa shape index (κ2) is 8.03. The summed E-state index contributed by atoms with van der Waals surface area (Å²) in [4.78, 5) is 14.7. The minimum Gasteiger partial charge on any atom is -0.508 e. The average Bonchev–Trinajstić information content (AvgIpc) is 3.19. The molecule has 3 aromatic rings. The number of benzene rings is 3. The van der Waals surface area contributed by atoms with Gasteiger partial charge in [0.15, 0.2) is 0 Å². The van der Waals surface area contributed by atoms with Gasteiger partial charge in [-0.15, -0.1) is 0 Å². The van der Waals surface area contributed by atoms with E-state index in [9.17, 15) is 9.90 Å². The number of rotatable bonds is 5. The molecule has 0 bridgehead atoms. The lowest BCUT2D eigenvalue weighted by Gasteiger charge is -2.19. The van der Waals surface area contributed by atoms with Gasteiger partial charge in [-0.2, -0.15) is 0 Å². The normalized spacial score (nSPS) is 17.1. The quantitative estimate of drug-likeness (QED) is 0.671. The summed E-state index contributed by atoms with van der Waals surface area (Å²) in [6.07, 6.45) is 0.790. The molecule has 144 valence electrons. The summed E-state index contributed by atoms with van der Waals surface area (Å²) in [5.41, 5.74) is 3.00. The van der Waals surface area contributed by atoms with Gasteiger partial charge in [0, 0.05) is 18.7 Å². The average molecular weight is 375 g/mol. The van der Waals surface area contributed by atoms with E-state index in [0.717, 1.165) is 40.4 Å². The first-order valence-electron chi connectivity index (χ1n) is 9.75. The van der Waals surface area contributed by atoms with Crippen LogP contribution in [0.3, 0.4) is 0 Å². The number of carbonyl (C=O) groups is 1. The van der Waals surface area contributed by atoms with Crippen LogP contribution in [-0.4, -0.2) is 29.1 Å². The molecular weight excluding hydrogens is 350 g/mol. The van der Waals surface area contributed by atoms with E-state index in [2.05, 4.69) is 17.0 Å². The Labute approximate surface area is 165 Å². The van der Waals surface area contributed by atoms with Crippen molar-refractivity contribution in [1.82, 2.24) is 4.90 Å². The lowest BCUT2D eigenvalue weighted by molar-refractivity contribution is -0.149. The van der Waals surface area contributed by atoms with Gasteiger partial charge in [-0.1, -0.05) is 54.6 Å². The smallest absolute Gasteiger partial charge is 0.310 e. The van der Waals surface area contributed by atoms with E-state index in [1.165, 1.54) is 0 Å². The van der Waals surface area contributed by atoms with E-state index in [0.29, 0.717) is 25.4 Å². The molecule has 0 saturated carbocycles. The molecule has 1 fully saturated rings. The first-order chi connectivity index (χ1) is 13.6. The Kier molecular flexibility index (Phi) is 5.31. The lowest BCUT2D eigenvalue weighted by Crippen LogP contribution is -2.24. The fourth-order valence-electron chi connectivity index (χ4n) is 4.00. The van der Waals surface area contributed by atoms with Crippen molar-refractivity contribution in [2.24, 2.45) is 5.92 Å². The zero-order valence-corrected chi connectivity index (χ0v) is 16.1. The third-order valence-electron chi connectivity index (χ3n) is 5.55. The molecule has 1 unspecified atom stereocenters. The number of aryl methyl sites for hydroxylation is 1. The molecule has 4 heteroatoms. The lowest BCUT2D eigenvalue weighted by atomic mass is 9.99. The largest absolute Gasteiger partial charge is 0.508 e. The van der Waals surface area contributed by atoms with Gasteiger partial charge in [-0.25, -0.2) is 0 Å². The van der Waals surface area contributed by atoms with Crippen LogP contribution in [0.5, 0.6) is 5.75 Å². The number of hydrogen-bond acceptors (Lipinski definition) is 4. The maximum absolute atomic E-state index is 12.4. The number of carbonyl (C=O) groups excluding carboxylic acids is 1. The fourth-order valence-corrected chi connectivity index (χ4v) is 4.00. The predicted octanol–water partition coefficient (Wildman–Crippen LogP) is 4.42. The topological polar surface area (TPSA) is 49.8 Å². The van der Waals surface area contributed by atoms with E-state index in [1.807, 2.05) is 55.5 Å². The maximum Gasteiger partial charge on any atom is 0.310 e. The van der Waals surface area contributed by atoms with Crippen LogP contribution in [0.1, 0.15) is 23.1 Å². The van der Waals surface area contributed by atoms with E-state index in [-0.39, 0.29) is 11.9 Å². The Bertz CT molecular complexity index is 984. The third kappa shape index (κ3) is 3.87. The van der Waals surface area contributed by atoms with Crippen LogP contribution in [0.15, 0.2) is 60.7 Å². The molecular formula is C24H25NO3. The summed E-state index contributed by atoms with van der Waals surface area (Å²) in [6, 6.07) is 19.7. The SMILES string of the molecule is Cc1cc(O)c(CN2CCC(C(=O)OCc3ccccc3)C2)c2ccccc12. The number of aromatic hydroxyl groups is 1. The summed E-state index contributed by atoms with van der Waals surface area (Å²) >= 11 is 0. The van der Waals surface area contributed by atoms with Gasteiger partial charge < -0.3 is 9.84 Å². The first kappa shape index (κ1) is 18.5. The molecule has 4 rings (SSSR count). The maximum atomic E-state index is 12.4. The highest BCUT2D eigenvalue weighted by Crippen LogP contribution is 2.32. The second-order valence-corrected chi connectivity index (χ2v) is 7.55. The molecule has 1 N–H and O–H groups in total. The number of nitrogens with zero attached hydrogens (tertiary/aromatic N) is 1. The van der Waals surface area contributed by atoms with Crippen LogP contribution in [0.2, 0.25) is 0 Å². The highest BCUT2D eigenvalue weighted by atomic mass is 16.5. The second-order valence-electron chi connectivity index (χ2n) is 7.55. The Balaban J connectivity index is 1.41. The van der Waals surface area contributed by atoms with Crippen molar-refractivity contribution >= 4 is 16.7 Å². The van der Waals surface area contributed by atoms with Gasteiger partial charge in [-0.3, -0.25) is 9.69 Å². The van der Waals surface area contributed by atoms with Gasteiger partial charge >= 0.3 is 5.97 Å². The Morgan fingerprint density at radius 2 is 1.82 bits per heavy atom. The van der Waals surface area contributed by atoms with Crippen molar-refractivity contribution in [3.8, 4) is 5.75 Å². The number of ether oxygens (including phenoxy) is 1. The molecule has 1 heterocycles. The van der Waals surface area contributed by atoms with Crippen molar-refractivity contribution < 1.29 is 14.6 Å². The van der Waals surface area contributed by atoms with E-state index < -0.39 is 0 Å². The van der Waals surface area contributed by atoms with Crippen molar-refractivity contribution in [3.63, 3.8) is 0 Å². The van der Waals surface area contributed by atoms with Gasteiger partial charge in [0.05, 0.1) is 5.92 Å². The Morgan fingerprint density at radius 3 is 2.61 bits per heavy atom. The molecule has 0 amide bonds. The number of esters is 1. The molecule has 4 nitrogen and oxygen atoms in total. The summed E-state index contributed by atoms with van der Waals surface area (Å²) < 4.78 is 5.51. The van der Waals surface area contributed by atoms with Crippen LogP contribution in [0, 0.1) is 12.8 Å². The number of hydrogen-bond donors (Lipinski definition) is 1. The molecule has 3 aromatic carbocycles. The summed E-state index contributed by atoms with van der Waals surface area (Å²) in [6.45, 7) is 4.46. The predicted molar refractivity (Wildman–Crippen MR) is 110 cm³/mol. The van der Waals surface area contributed by atoms with Crippen molar-refractivity contribution in [1.29, 1.82) is 0 Å². The fraction of sp³-hybridized carbons (Fsp3) is 0.292. The zero-order chi connectivity index (χ0) is 19.5. The molecule has 0 aromatic heterocycles. The summed E-state index contributed by atoms with van der Waals surface area (Å²) in [7, 11) is 0. The minimum absolute atomic E-state index is 0.109. The van der Waals surface area contributed by atoms with Crippen LogP contribution in [-0.2, 0) is 22.7 Å². The standard InChI is InChI=1S/C24H25NO3/c1-17-13-23(26)22(21-10-6-5-9-20(17)21)15-25-12-11-19(14-25)24(27)28-16-18-7-3-2-4-8-18/h2-10,13,19,26H,11-12,14-16H2,1H3. The van der Waals surface area contributed by atoms with Crippen LogP contribution >= 0.6 is 0 Å². The number of phenols is 1. The van der Waals surface area contributed by atoms with E-state index in [1.54, 1.807) is 0 Å². The van der Waals surface area contributed by atoms with Gasteiger partial charge in [-0.05, 0) is 47.9 Å². The zero-order valence-electron chi connectivity index (χ0n) is 16.1. The highest BCUT2D eigenvalue weighted by molar-refractivity contribution is 5.90.